The van der Waals surface area contributed by atoms with Crippen molar-refractivity contribution in [1.82, 2.24) is 15.3 Å². The van der Waals surface area contributed by atoms with Crippen molar-refractivity contribution in [2.45, 2.75) is 16.3 Å². The third-order valence-electron chi connectivity index (χ3n) is 4.64. The number of aromatic nitrogens is 2. The van der Waals surface area contributed by atoms with Crippen molar-refractivity contribution in [3.63, 3.8) is 0 Å². The summed E-state index contributed by atoms with van der Waals surface area (Å²) >= 11 is 1.33. The molecule has 0 spiro atoms. The summed E-state index contributed by atoms with van der Waals surface area (Å²) in [5.74, 6) is 1.11. The number of para-hydroxylation sites is 1. The number of furan rings is 1. The Balaban J connectivity index is 1.37. The molecule has 2 aromatic carbocycles. The van der Waals surface area contributed by atoms with E-state index in [9.17, 15) is 13.2 Å². The van der Waals surface area contributed by atoms with E-state index in [0.717, 1.165) is 16.5 Å². The van der Waals surface area contributed by atoms with Crippen molar-refractivity contribution in [1.29, 1.82) is 0 Å². The normalized spacial score (nSPS) is 11.5. The predicted molar refractivity (Wildman–Crippen MR) is 122 cm³/mol. The van der Waals surface area contributed by atoms with Crippen molar-refractivity contribution < 1.29 is 17.6 Å². The van der Waals surface area contributed by atoms with E-state index in [-0.39, 0.29) is 16.6 Å². The Morgan fingerprint density at radius 2 is 1.81 bits per heavy atom. The number of carbonyl (C=O) groups is 1. The average Bonchev–Trinajstić information content (AvgIpc) is 3.32. The highest BCUT2D eigenvalue weighted by molar-refractivity contribution is 8.00. The summed E-state index contributed by atoms with van der Waals surface area (Å²) in [6.45, 7) is 0.427. The van der Waals surface area contributed by atoms with Crippen LogP contribution in [0.2, 0.25) is 0 Å². The Kier molecular flexibility index (Phi) is 6.54. The molecule has 8 nitrogen and oxygen atoms in total. The van der Waals surface area contributed by atoms with E-state index in [1.54, 1.807) is 30.5 Å². The molecule has 4 aromatic rings. The Bertz CT molecular complexity index is 1340. The van der Waals surface area contributed by atoms with Crippen molar-refractivity contribution >= 4 is 38.6 Å². The molecule has 164 valence electrons. The summed E-state index contributed by atoms with van der Waals surface area (Å²) in [6, 6.07) is 17.5. The van der Waals surface area contributed by atoms with Crippen molar-refractivity contribution in [2.24, 2.45) is 5.14 Å². The zero-order valence-electron chi connectivity index (χ0n) is 16.9. The first-order chi connectivity index (χ1) is 15.4. The second kappa shape index (κ2) is 9.51. The van der Waals surface area contributed by atoms with Gasteiger partial charge in [-0.2, -0.15) is 0 Å². The largest absolute Gasteiger partial charge is 0.461 e. The van der Waals surface area contributed by atoms with Crippen molar-refractivity contribution in [2.75, 3.05) is 12.3 Å². The molecule has 0 aliphatic carbocycles. The Hall–Kier alpha value is -3.21. The number of rotatable bonds is 8. The summed E-state index contributed by atoms with van der Waals surface area (Å²) in [5, 5.41) is 9.55. The van der Waals surface area contributed by atoms with Gasteiger partial charge in [-0.3, -0.25) is 4.79 Å². The molecule has 0 bridgehead atoms. The first kappa shape index (κ1) is 22.0. The maximum atomic E-state index is 12.4. The lowest BCUT2D eigenvalue weighted by Crippen LogP contribution is -2.27. The first-order valence-corrected chi connectivity index (χ1v) is 12.3. The Morgan fingerprint density at radius 1 is 1.03 bits per heavy atom. The lowest BCUT2D eigenvalue weighted by molar-refractivity contribution is -0.118. The molecule has 0 unspecified atom stereocenters. The van der Waals surface area contributed by atoms with Gasteiger partial charge in [0, 0.05) is 11.9 Å². The molecule has 1 amide bonds. The fourth-order valence-corrected chi connectivity index (χ4v) is 4.41. The molecule has 0 saturated carbocycles. The van der Waals surface area contributed by atoms with E-state index in [1.165, 1.54) is 23.9 Å². The molecule has 4 rings (SSSR count). The highest BCUT2D eigenvalue weighted by Gasteiger charge is 2.13. The average molecular weight is 469 g/mol. The van der Waals surface area contributed by atoms with E-state index >= 15 is 0 Å². The quantitative estimate of drug-likeness (QED) is 0.300. The number of primary sulfonamides is 1. The minimum Gasteiger partial charge on any atom is -0.461 e. The van der Waals surface area contributed by atoms with Crippen LogP contribution >= 0.6 is 11.8 Å². The van der Waals surface area contributed by atoms with E-state index in [0.29, 0.717) is 29.6 Å². The Morgan fingerprint density at radius 3 is 2.53 bits per heavy atom. The van der Waals surface area contributed by atoms with E-state index < -0.39 is 10.0 Å². The molecule has 0 aliphatic heterocycles. The number of nitrogens with one attached hydrogen (secondary N) is 1. The number of hydrogen-bond donors (Lipinski definition) is 2. The van der Waals surface area contributed by atoms with E-state index in [2.05, 4.69) is 15.3 Å². The molecule has 2 aromatic heterocycles. The van der Waals surface area contributed by atoms with Gasteiger partial charge in [0.1, 0.15) is 5.03 Å². The number of carbonyl (C=O) groups excluding carboxylic acids is 1. The number of amides is 1. The molecule has 2 heterocycles. The van der Waals surface area contributed by atoms with Gasteiger partial charge >= 0.3 is 0 Å². The van der Waals surface area contributed by atoms with Crippen LogP contribution in [0.25, 0.3) is 22.5 Å². The zero-order chi connectivity index (χ0) is 22.6. The molecule has 0 aliphatic rings. The van der Waals surface area contributed by atoms with E-state index in [1.807, 2.05) is 24.3 Å². The smallest absolute Gasteiger partial charge is 0.238 e. The minimum atomic E-state index is -3.71. The number of nitrogens with zero attached hydrogens (tertiary/aromatic N) is 2. The monoisotopic (exact) mass is 468 g/mol. The second-order valence-electron chi connectivity index (χ2n) is 6.92. The lowest BCUT2D eigenvalue weighted by atomic mass is 10.1. The van der Waals surface area contributed by atoms with Crippen molar-refractivity contribution in [3.05, 3.63) is 72.5 Å². The van der Waals surface area contributed by atoms with Gasteiger partial charge in [-0.1, -0.05) is 42.1 Å². The summed E-state index contributed by atoms with van der Waals surface area (Å²) in [4.78, 5) is 21.6. The van der Waals surface area contributed by atoms with Crippen LogP contribution in [0.15, 0.2) is 81.3 Å². The van der Waals surface area contributed by atoms with Gasteiger partial charge in [0.05, 0.1) is 22.4 Å². The summed E-state index contributed by atoms with van der Waals surface area (Å²) in [7, 11) is -3.71. The zero-order valence-corrected chi connectivity index (χ0v) is 18.5. The van der Waals surface area contributed by atoms with Gasteiger partial charge in [-0.15, -0.1) is 0 Å². The molecular formula is C22H20N4O4S2. The van der Waals surface area contributed by atoms with Crippen LogP contribution in [-0.4, -0.2) is 36.6 Å². The number of sulfonamides is 1. The molecule has 3 N–H and O–H groups in total. The fourth-order valence-electron chi connectivity index (χ4n) is 3.05. The van der Waals surface area contributed by atoms with Crippen LogP contribution in [-0.2, 0) is 21.2 Å². The minimum absolute atomic E-state index is 0.0627. The van der Waals surface area contributed by atoms with Crippen LogP contribution in [0.3, 0.4) is 0 Å². The van der Waals surface area contributed by atoms with Gasteiger partial charge in [0.25, 0.3) is 0 Å². The molecule has 32 heavy (non-hydrogen) atoms. The molecule has 10 heteroatoms. The maximum absolute atomic E-state index is 12.4. The van der Waals surface area contributed by atoms with Crippen LogP contribution in [0.5, 0.6) is 0 Å². The first-order valence-electron chi connectivity index (χ1n) is 9.72. The molecule has 0 fully saturated rings. The van der Waals surface area contributed by atoms with E-state index in [4.69, 9.17) is 9.56 Å². The van der Waals surface area contributed by atoms with Gasteiger partial charge in [0.15, 0.2) is 11.6 Å². The highest BCUT2D eigenvalue weighted by atomic mass is 32.2. The standard InChI is InChI=1S/C22H20N4O4S2/c23-32(28,29)16-9-7-15(8-10-16)11-12-24-20(27)14-31-22-17-4-1-2-5-18(17)25-21(26-22)19-6-3-13-30-19/h1-10,13H,11-12,14H2,(H,24,27)(H2,23,28,29). The summed E-state index contributed by atoms with van der Waals surface area (Å²) < 4.78 is 28.0. The maximum Gasteiger partial charge on any atom is 0.238 e. The number of fused-ring (bicyclic) bond motifs is 1. The molecule has 0 radical (unpaired) electrons. The molecule has 0 saturated heterocycles. The van der Waals surface area contributed by atoms with Gasteiger partial charge in [-0.05, 0) is 42.3 Å². The highest BCUT2D eigenvalue weighted by Crippen LogP contribution is 2.28. The third kappa shape index (κ3) is 5.34. The number of benzene rings is 2. The van der Waals surface area contributed by atoms with Crippen LogP contribution < -0.4 is 10.5 Å². The van der Waals surface area contributed by atoms with Gasteiger partial charge in [0.2, 0.25) is 15.9 Å². The summed E-state index contributed by atoms with van der Waals surface area (Å²) in [5.41, 5.74) is 1.68. The second-order valence-corrected chi connectivity index (χ2v) is 9.45. The lowest BCUT2D eigenvalue weighted by Gasteiger charge is -2.08. The summed E-state index contributed by atoms with van der Waals surface area (Å²) in [6.07, 6.45) is 2.14. The Labute approximate surface area is 189 Å². The SMILES string of the molecule is NS(=O)(=O)c1ccc(CCNC(=O)CSc2nc(-c3ccco3)nc3ccccc23)cc1. The van der Waals surface area contributed by atoms with Crippen molar-refractivity contribution in [3.8, 4) is 11.6 Å². The van der Waals surface area contributed by atoms with Crippen LogP contribution in [0, 0.1) is 0 Å². The molecule has 0 atom stereocenters. The fraction of sp³-hybridized carbons (Fsp3) is 0.136. The van der Waals surface area contributed by atoms with Gasteiger partial charge < -0.3 is 9.73 Å². The number of nitrogens with two attached hydrogens (primary N) is 1. The number of thioether (sulfide) groups is 1. The number of hydrogen-bond acceptors (Lipinski definition) is 7. The molecular weight excluding hydrogens is 448 g/mol. The topological polar surface area (TPSA) is 128 Å². The third-order valence-corrected chi connectivity index (χ3v) is 6.56. The van der Waals surface area contributed by atoms with Crippen LogP contribution in [0.4, 0.5) is 0 Å². The van der Waals surface area contributed by atoms with Gasteiger partial charge in [-0.25, -0.2) is 23.5 Å². The predicted octanol–water partition coefficient (Wildman–Crippen LogP) is 2.99. The van der Waals surface area contributed by atoms with Crippen LogP contribution in [0.1, 0.15) is 5.56 Å².